The van der Waals surface area contributed by atoms with Gasteiger partial charge in [0.15, 0.2) is 5.11 Å². The Morgan fingerprint density at radius 1 is 1.20 bits per heavy atom. The van der Waals surface area contributed by atoms with Gasteiger partial charge in [-0.3, -0.25) is 0 Å². The predicted octanol–water partition coefficient (Wildman–Crippen LogP) is 5.38. The summed E-state index contributed by atoms with van der Waals surface area (Å²) in [5, 5.41) is 3.16. The van der Waals surface area contributed by atoms with Crippen LogP contribution in [-0.2, 0) is 12.6 Å². The molecule has 2 aromatic rings. The largest absolute Gasteiger partial charge is 0.416 e. The second kappa shape index (κ2) is 6.63. The van der Waals surface area contributed by atoms with Gasteiger partial charge in [0.1, 0.15) is 5.82 Å². The topological polar surface area (TPSA) is 15.3 Å². The maximum Gasteiger partial charge on any atom is 0.416 e. The number of fused-ring (bicyclic) bond motifs is 1. The maximum absolute atomic E-state index is 13.4. The van der Waals surface area contributed by atoms with Crippen LogP contribution < -0.4 is 10.2 Å². The number of nitrogens with one attached hydrogen (secondary N) is 1. The van der Waals surface area contributed by atoms with E-state index in [0.717, 1.165) is 36.2 Å². The van der Waals surface area contributed by atoms with Gasteiger partial charge in [-0.2, -0.15) is 13.2 Å². The van der Waals surface area contributed by atoms with E-state index in [1.54, 1.807) is 6.07 Å². The van der Waals surface area contributed by atoms with Crippen LogP contribution >= 0.6 is 12.2 Å². The third-order valence-electron chi connectivity index (χ3n) is 4.23. The Morgan fingerprint density at radius 2 is 1.96 bits per heavy atom. The SMILES string of the molecule is CC1CCc2cc(F)ccc2N1C(=S)Nc1cccc(C(F)(F)F)c1. The Bertz CT molecular complexity index is 804. The first-order chi connectivity index (χ1) is 11.8. The molecule has 7 heteroatoms. The molecule has 2 aromatic carbocycles. The highest BCUT2D eigenvalue weighted by molar-refractivity contribution is 7.80. The Balaban J connectivity index is 1.87. The minimum absolute atomic E-state index is 0.0590. The zero-order valence-corrected chi connectivity index (χ0v) is 14.2. The summed E-state index contributed by atoms with van der Waals surface area (Å²) in [4.78, 5) is 1.83. The van der Waals surface area contributed by atoms with Crippen molar-refractivity contribution in [3.8, 4) is 0 Å². The summed E-state index contributed by atoms with van der Waals surface area (Å²) in [6, 6.07) is 9.43. The molecule has 0 bridgehead atoms. The molecular formula is C18H16F4N2S. The van der Waals surface area contributed by atoms with Gasteiger partial charge >= 0.3 is 6.18 Å². The van der Waals surface area contributed by atoms with Crippen molar-refractivity contribution < 1.29 is 17.6 Å². The van der Waals surface area contributed by atoms with Crippen LogP contribution in [0.4, 0.5) is 28.9 Å². The molecule has 1 aliphatic rings. The number of alkyl halides is 3. The molecule has 1 heterocycles. The van der Waals surface area contributed by atoms with E-state index in [2.05, 4.69) is 5.32 Å². The minimum Gasteiger partial charge on any atom is -0.332 e. The minimum atomic E-state index is -4.41. The molecule has 0 saturated carbocycles. The summed E-state index contributed by atoms with van der Waals surface area (Å²) < 4.78 is 52.0. The van der Waals surface area contributed by atoms with Gasteiger partial charge in [-0.25, -0.2) is 4.39 Å². The molecule has 1 unspecified atom stereocenters. The van der Waals surface area contributed by atoms with Gasteiger partial charge in [0.25, 0.3) is 0 Å². The second-order valence-electron chi connectivity index (χ2n) is 6.04. The van der Waals surface area contributed by atoms with Crippen LogP contribution in [0, 0.1) is 5.82 Å². The maximum atomic E-state index is 13.4. The average Bonchev–Trinajstić information content (AvgIpc) is 2.54. The molecule has 1 N–H and O–H groups in total. The van der Waals surface area contributed by atoms with Gasteiger partial charge in [-0.15, -0.1) is 0 Å². The first-order valence-corrected chi connectivity index (χ1v) is 8.22. The molecule has 0 aliphatic carbocycles. The number of anilines is 2. The van der Waals surface area contributed by atoms with Gasteiger partial charge in [0.2, 0.25) is 0 Å². The fourth-order valence-electron chi connectivity index (χ4n) is 2.99. The van der Waals surface area contributed by atoms with E-state index in [4.69, 9.17) is 12.2 Å². The van der Waals surface area contributed by atoms with Gasteiger partial charge in [0, 0.05) is 17.4 Å². The molecule has 0 radical (unpaired) electrons. The average molecular weight is 368 g/mol. The van der Waals surface area contributed by atoms with Crippen molar-refractivity contribution in [1.29, 1.82) is 0 Å². The van der Waals surface area contributed by atoms with E-state index >= 15 is 0 Å². The number of thiocarbonyl (C=S) groups is 1. The summed E-state index contributed by atoms with van der Waals surface area (Å²) in [5.74, 6) is -0.315. The standard InChI is InChI=1S/C18H16F4N2S/c1-11-5-6-12-9-14(19)7-8-16(12)24(11)17(25)23-15-4-2-3-13(10-15)18(20,21)22/h2-4,7-11H,5-6H2,1H3,(H,23,25). The molecule has 0 saturated heterocycles. The molecule has 0 aromatic heterocycles. The van der Waals surface area contributed by atoms with Crippen LogP contribution in [0.15, 0.2) is 42.5 Å². The van der Waals surface area contributed by atoms with E-state index in [1.165, 1.54) is 24.3 Å². The van der Waals surface area contributed by atoms with Crippen LogP contribution in [0.1, 0.15) is 24.5 Å². The smallest absolute Gasteiger partial charge is 0.332 e. The molecule has 0 fully saturated rings. The van der Waals surface area contributed by atoms with Crippen LogP contribution in [0.3, 0.4) is 0 Å². The first-order valence-electron chi connectivity index (χ1n) is 7.81. The normalized spacial score (nSPS) is 17.2. The fourth-order valence-corrected chi connectivity index (χ4v) is 3.38. The summed E-state index contributed by atoms with van der Waals surface area (Å²) >= 11 is 5.42. The lowest BCUT2D eigenvalue weighted by atomic mass is 9.97. The zero-order chi connectivity index (χ0) is 18.2. The number of nitrogens with zero attached hydrogens (tertiary/aromatic N) is 1. The van der Waals surface area contributed by atoms with Crippen molar-refractivity contribution in [1.82, 2.24) is 0 Å². The molecule has 0 amide bonds. The zero-order valence-electron chi connectivity index (χ0n) is 13.4. The molecule has 1 aliphatic heterocycles. The number of hydrogen-bond donors (Lipinski definition) is 1. The van der Waals surface area contributed by atoms with Crippen molar-refractivity contribution in [2.75, 3.05) is 10.2 Å². The van der Waals surface area contributed by atoms with E-state index in [-0.39, 0.29) is 17.5 Å². The Morgan fingerprint density at radius 3 is 2.68 bits per heavy atom. The second-order valence-corrected chi connectivity index (χ2v) is 6.43. The predicted molar refractivity (Wildman–Crippen MR) is 94.3 cm³/mol. The highest BCUT2D eigenvalue weighted by atomic mass is 32.1. The monoisotopic (exact) mass is 368 g/mol. The van der Waals surface area contributed by atoms with E-state index < -0.39 is 11.7 Å². The highest BCUT2D eigenvalue weighted by Gasteiger charge is 2.31. The van der Waals surface area contributed by atoms with Gasteiger partial charge in [0.05, 0.1) is 5.56 Å². The number of aryl methyl sites for hydroxylation is 1. The molecule has 25 heavy (non-hydrogen) atoms. The van der Waals surface area contributed by atoms with Gasteiger partial charge in [-0.05, 0) is 73.9 Å². The van der Waals surface area contributed by atoms with E-state index in [1.807, 2.05) is 11.8 Å². The molecule has 2 nitrogen and oxygen atoms in total. The summed E-state index contributed by atoms with van der Waals surface area (Å²) in [7, 11) is 0. The van der Waals surface area contributed by atoms with Gasteiger partial charge < -0.3 is 10.2 Å². The molecule has 0 spiro atoms. The van der Waals surface area contributed by atoms with Crippen LogP contribution in [0.25, 0.3) is 0 Å². The summed E-state index contributed by atoms with van der Waals surface area (Å²) in [6.45, 7) is 1.98. The van der Waals surface area contributed by atoms with Gasteiger partial charge in [-0.1, -0.05) is 6.07 Å². The molecule has 3 rings (SSSR count). The van der Waals surface area contributed by atoms with Crippen molar-refractivity contribution in [3.05, 3.63) is 59.4 Å². The van der Waals surface area contributed by atoms with Crippen LogP contribution in [0.5, 0.6) is 0 Å². The molecular weight excluding hydrogens is 352 g/mol. The number of hydrogen-bond acceptors (Lipinski definition) is 1. The molecule has 1 atom stereocenters. The first kappa shape index (κ1) is 17.7. The van der Waals surface area contributed by atoms with Crippen molar-refractivity contribution >= 4 is 28.7 Å². The lowest BCUT2D eigenvalue weighted by Gasteiger charge is -2.37. The summed E-state index contributed by atoms with van der Waals surface area (Å²) in [6.07, 6.45) is -2.90. The number of rotatable bonds is 1. The van der Waals surface area contributed by atoms with Crippen LogP contribution in [0.2, 0.25) is 0 Å². The Labute approximate surface area is 148 Å². The van der Waals surface area contributed by atoms with Crippen LogP contribution in [-0.4, -0.2) is 11.2 Å². The fraction of sp³-hybridized carbons (Fsp3) is 0.278. The lowest BCUT2D eigenvalue weighted by Crippen LogP contribution is -2.44. The summed E-state index contributed by atoms with van der Waals surface area (Å²) in [5.41, 5.74) is 1.15. The quantitative estimate of drug-likeness (QED) is 0.537. The molecule has 132 valence electrons. The van der Waals surface area contributed by atoms with E-state index in [9.17, 15) is 17.6 Å². The number of benzene rings is 2. The Kier molecular flexibility index (Phi) is 4.69. The third kappa shape index (κ3) is 3.76. The van der Waals surface area contributed by atoms with Crippen molar-refractivity contribution in [2.24, 2.45) is 0 Å². The number of halogens is 4. The third-order valence-corrected chi connectivity index (χ3v) is 4.53. The van der Waals surface area contributed by atoms with Crippen molar-refractivity contribution in [2.45, 2.75) is 32.0 Å². The Hall–Kier alpha value is -2.15. The van der Waals surface area contributed by atoms with E-state index in [0.29, 0.717) is 5.11 Å². The van der Waals surface area contributed by atoms with Crippen molar-refractivity contribution in [3.63, 3.8) is 0 Å². The lowest BCUT2D eigenvalue weighted by molar-refractivity contribution is -0.137. The highest BCUT2D eigenvalue weighted by Crippen LogP contribution is 2.33.